The van der Waals surface area contributed by atoms with Crippen LogP contribution in [-0.2, 0) is 4.74 Å². The summed E-state index contributed by atoms with van der Waals surface area (Å²) in [7, 11) is 0. The number of ether oxygens (including phenoxy) is 1. The van der Waals surface area contributed by atoms with Crippen LogP contribution in [0.25, 0.3) is 0 Å². The van der Waals surface area contributed by atoms with Crippen LogP contribution in [0.1, 0.15) is 19.3 Å². The highest BCUT2D eigenvalue weighted by Gasteiger charge is 2.40. The van der Waals surface area contributed by atoms with E-state index in [4.69, 9.17) is 4.74 Å². The Hall–Kier alpha value is -0.810. The third-order valence-electron chi connectivity index (χ3n) is 3.66. The van der Waals surface area contributed by atoms with Gasteiger partial charge in [0.1, 0.15) is 0 Å². The van der Waals surface area contributed by atoms with Crippen molar-refractivity contribution in [2.24, 2.45) is 0 Å². The predicted molar refractivity (Wildman–Crippen MR) is 71.5 cm³/mol. The molecule has 0 unspecified atom stereocenters. The van der Waals surface area contributed by atoms with Crippen LogP contribution in [-0.4, -0.2) is 34.7 Å². The van der Waals surface area contributed by atoms with E-state index >= 15 is 0 Å². The maximum absolute atomic E-state index is 13.6. The molecule has 2 aliphatic rings. The summed E-state index contributed by atoms with van der Waals surface area (Å²) in [5.41, 5.74) is 0.0197. The topological polar surface area (TPSA) is 34.2 Å². The summed E-state index contributed by atoms with van der Waals surface area (Å²) in [6.07, 6.45) is 4.60. The molecule has 18 heavy (non-hydrogen) atoms. The number of hydrogen-bond acceptors (Lipinski definition) is 4. The molecule has 0 aliphatic carbocycles. The molecule has 98 valence electrons. The van der Waals surface area contributed by atoms with Crippen LogP contribution in [0, 0.1) is 5.82 Å². The number of nitrogens with one attached hydrogen (secondary N) is 1. The fourth-order valence-corrected chi connectivity index (χ4v) is 4.08. The summed E-state index contributed by atoms with van der Waals surface area (Å²) < 4.78 is 19.5. The number of aromatic nitrogens is 1. The lowest BCUT2D eigenvalue weighted by atomic mass is 9.90. The minimum Gasteiger partial charge on any atom is -0.374 e. The van der Waals surface area contributed by atoms with Crippen molar-refractivity contribution < 1.29 is 9.13 Å². The Bertz CT molecular complexity index is 423. The van der Waals surface area contributed by atoms with Gasteiger partial charge in [-0.05, 0) is 37.1 Å². The highest BCUT2D eigenvalue weighted by Crippen LogP contribution is 2.38. The average Bonchev–Trinajstić information content (AvgIpc) is 2.80. The largest absolute Gasteiger partial charge is 0.374 e. The maximum atomic E-state index is 13.6. The summed E-state index contributed by atoms with van der Waals surface area (Å²) >= 11 is 1.95. The minimum absolute atomic E-state index is 0.0197. The zero-order valence-electron chi connectivity index (χ0n) is 10.2. The van der Waals surface area contributed by atoms with Crippen molar-refractivity contribution >= 4 is 17.6 Å². The number of pyridine rings is 1. The van der Waals surface area contributed by atoms with E-state index in [1.165, 1.54) is 11.8 Å². The van der Waals surface area contributed by atoms with Gasteiger partial charge in [0, 0.05) is 24.6 Å². The number of nitrogens with zero attached hydrogens (tertiary/aromatic N) is 1. The molecule has 1 aromatic heterocycles. The van der Waals surface area contributed by atoms with E-state index in [-0.39, 0.29) is 17.5 Å². The Morgan fingerprint density at radius 1 is 1.56 bits per heavy atom. The van der Waals surface area contributed by atoms with Crippen molar-refractivity contribution in [3.05, 3.63) is 24.1 Å². The lowest BCUT2D eigenvalue weighted by Gasteiger charge is -2.38. The van der Waals surface area contributed by atoms with Gasteiger partial charge in [-0.15, -0.1) is 0 Å². The normalized spacial score (nSPS) is 31.7. The zero-order chi connectivity index (χ0) is 12.4. The first-order valence-corrected chi connectivity index (χ1v) is 7.52. The number of anilines is 1. The average molecular weight is 268 g/mol. The van der Waals surface area contributed by atoms with E-state index in [1.54, 1.807) is 12.3 Å². The smallest absolute Gasteiger partial charge is 0.165 e. The van der Waals surface area contributed by atoms with Crippen LogP contribution in [0.2, 0.25) is 0 Å². The van der Waals surface area contributed by atoms with E-state index in [1.807, 2.05) is 11.8 Å². The highest BCUT2D eigenvalue weighted by molar-refractivity contribution is 7.99. The Morgan fingerprint density at radius 3 is 3.28 bits per heavy atom. The molecule has 2 atom stereocenters. The quantitative estimate of drug-likeness (QED) is 0.894. The highest BCUT2D eigenvalue weighted by atomic mass is 32.2. The molecular weight excluding hydrogens is 251 g/mol. The molecule has 2 fully saturated rings. The Kier molecular flexibility index (Phi) is 3.43. The van der Waals surface area contributed by atoms with E-state index in [0.717, 1.165) is 31.6 Å². The van der Waals surface area contributed by atoms with E-state index in [9.17, 15) is 4.39 Å². The van der Waals surface area contributed by atoms with E-state index < -0.39 is 0 Å². The summed E-state index contributed by atoms with van der Waals surface area (Å²) in [5.74, 6) is 2.32. The molecule has 3 nitrogen and oxygen atoms in total. The number of hydrogen-bond donors (Lipinski definition) is 1. The molecule has 5 heteroatoms. The van der Waals surface area contributed by atoms with Crippen molar-refractivity contribution in [3.63, 3.8) is 0 Å². The van der Waals surface area contributed by atoms with Gasteiger partial charge in [0.15, 0.2) is 11.6 Å². The molecule has 3 rings (SSSR count). The number of halogens is 1. The summed E-state index contributed by atoms with van der Waals surface area (Å²) in [5, 5.41) is 3.22. The first kappa shape index (κ1) is 12.2. The van der Waals surface area contributed by atoms with Gasteiger partial charge in [-0.2, -0.15) is 11.8 Å². The zero-order valence-corrected chi connectivity index (χ0v) is 11.0. The van der Waals surface area contributed by atoms with Crippen LogP contribution in [0.4, 0.5) is 10.2 Å². The molecule has 2 saturated heterocycles. The third-order valence-corrected chi connectivity index (χ3v) is 4.88. The van der Waals surface area contributed by atoms with Crippen molar-refractivity contribution in [1.29, 1.82) is 0 Å². The lowest BCUT2D eigenvalue weighted by molar-refractivity contribution is -0.0628. The van der Waals surface area contributed by atoms with Gasteiger partial charge in [0.2, 0.25) is 0 Å². The van der Waals surface area contributed by atoms with Crippen molar-refractivity contribution in [2.75, 3.05) is 23.4 Å². The molecule has 2 aliphatic heterocycles. The molecule has 1 aromatic rings. The van der Waals surface area contributed by atoms with E-state index in [2.05, 4.69) is 10.3 Å². The summed E-state index contributed by atoms with van der Waals surface area (Å²) in [6, 6.07) is 3.32. The first-order chi connectivity index (χ1) is 8.77. The Morgan fingerprint density at radius 2 is 2.50 bits per heavy atom. The van der Waals surface area contributed by atoms with E-state index in [0.29, 0.717) is 5.82 Å². The number of rotatable bonds is 2. The van der Waals surface area contributed by atoms with Crippen LogP contribution in [0.3, 0.4) is 0 Å². The van der Waals surface area contributed by atoms with Gasteiger partial charge >= 0.3 is 0 Å². The van der Waals surface area contributed by atoms with Crippen molar-refractivity contribution in [1.82, 2.24) is 4.98 Å². The van der Waals surface area contributed by atoms with Gasteiger partial charge in [0.25, 0.3) is 0 Å². The SMILES string of the molecule is Fc1cccnc1N[C@H]1CCO[C@@]2(CCSC2)C1. The molecule has 1 N–H and O–H groups in total. The molecule has 0 bridgehead atoms. The second-order valence-corrected chi connectivity index (χ2v) is 6.11. The van der Waals surface area contributed by atoms with Gasteiger partial charge in [0.05, 0.1) is 5.60 Å². The Balaban J connectivity index is 1.68. The molecule has 0 saturated carbocycles. The van der Waals surface area contributed by atoms with Crippen LogP contribution in [0.15, 0.2) is 18.3 Å². The monoisotopic (exact) mass is 268 g/mol. The minimum atomic E-state index is -0.279. The van der Waals surface area contributed by atoms with Gasteiger partial charge < -0.3 is 10.1 Å². The Labute approximate surface area is 111 Å². The maximum Gasteiger partial charge on any atom is 0.165 e. The molecule has 3 heterocycles. The van der Waals surface area contributed by atoms with Crippen molar-refractivity contribution in [2.45, 2.75) is 30.9 Å². The van der Waals surface area contributed by atoms with Crippen LogP contribution in [0.5, 0.6) is 0 Å². The molecule has 0 radical (unpaired) electrons. The fourth-order valence-electron chi connectivity index (χ4n) is 2.70. The molecule has 1 spiro atoms. The van der Waals surface area contributed by atoms with Crippen molar-refractivity contribution in [3.8, 4) is 0 Å². The summed E-state index contributed by atoms with van der Waals surface area (Å²) in [6.45, 7) is 0.757. The second-order valence-electron chi connectivity index (χ2n) is 5.00. The van der Waals surface area contributed by atoms with Gasteiger partial charge in [-0.25, -0.2) is 9.37 Å². The molecular formula is C13H17FN2OS. The lowest BCUT2D eigenvalue weighted by Crippen LogP contribution is -2.44. The second kappa shape index (κ2) is 5.05. The third kappa shape index (κ3) is 2.47. The summed E-state index contributed by atoms with van der Waals surface area (Å²) in [4.78, 5) is 4.06. The number of thioether (sulfide) groups is 1. The molecule has 0 aromatic carbocycles. The van der Waals surface area contributed by atoms with Crippen LogP contribution < -0.4 is 5.32 Å². The van der Waals surface area contributed by atoms with Gasteiger partial charge in [-0.1, -0.05) is 0 Å². The van der Waals surface area contributed by atoms with Gasteiger partial charge in [-0.3, -0.25) is 0 Å². The fraction of sp³-hybridized carbons (Fsp3) is 0.615. The predicted octanol–water partition coefficient (Wildman–Crippen LogP) is 2.69. The van der Waals surface area contributed by atoms with Crippen LogP contribution >= 0.6 is 11.8 Å². The standard InChI is InChI=1S/C13H17FN2OS/c14-11-2-1-5-15-12(11)16-10-3-6-17-13(8-10)4-7-18-9-13/h1-2,5,10H,3-4,6-9H2,(H,15,16)/t10-,13-/m0/s1. The first-order valence-electron chi connectivity index (χ1n) is 6.36. The molecule has 0 amide bonds.